The normalized spacial score (nSPS) is 11.1. The fourth-order valence-corrected chi connectivity index (χ4v) is 4.11. The van der Waals surface area contributed by atoms with Gasteiger partial charge in [0, 0.05) is 11.6 Å². The van der Waals surface area contributed by atoms with E-state index >= 15 is 0 Å². The topological polar surface area (TPSA) is 117 Å². The summed E-state index contributed by atoms with van der Waals surface area (Å²) < 4.78 is 49.5. The highest BCUT2D eigenvalue weighted by Gasteiger charge is 2.24. The lowest BCUT2D eigenvalue weighted by atomic mass is 10.1. The van der Waals surface area contributed by atoms with Crippen LogP contribution < -0.4 is 14.2 Å². The Hall–Kier alpha value is -3.53. The first-order valence-electron chi connectivity index (χ1n) is 9.28. The van der Waals surface area contributed by atoms with Gasteiger partial charge in [0.2, 0.25) is 0 Å². The van der Waals surface area contributed by atoms with Gasteiger partial charge in [0.15, 0.2) is 11.5 Å². The van der Waals surface area contributed by atoms with Crippen LogP contribution in [0.15, 0.2) is 51.9 Å². The van der Waals surface area contributed by atoms with E-state index in [0.29, 0.717) is 17.0 Å². The molecule has 0 bridgehead atoms. The predicted molar refractivity (Wildman–Crippen MR) is 113 cm³/mol. The average molecular weight is 446 g/mol. The molecule has 9 nitrogen and oxygen atoms in total. The minimum absolute atomic E-state index is 0.0142. The molecule has 3 rings (SSSR count). The smallest absolute Gasteiger partial charge is 0.360 e. The monoisotopic (exact) mass is 446 g/mol. The number of aryl methyl sites for hydroxylation is 1. The number of carbonyl (C=O) groups excluding carboxylic acids is 1. The SMILES string of the molecule is CCOC(=O)c1cc(-c2ccc(OC)c(S(=O)(=O)Nc3cc(C)ccc3OC)c2)on1. The van der Waals surface area contributed by atoms with Crippen molar-refractivity contribution in [3.05, 3.63) is 53.7 Å². The summed E-state index contributed by atoms with van der Waals surface area (Å²) in [5, 5.41) is 3.68. The number of esters is 1. The number of anilines is 1. The Kier molecular flexibility index (Phi) is 6.50. The van der Waals surface area contributed by atoms with Crippen molar-refractivity contribution in [1.82, 2.24) is 5.16 Å². The van der Waals surface area contributed by atoms with Gasteiger partial charge in [0.25, 0.3) is 10.0 Å². The molecule has 0 aliphatic carbocycles. The summed E-state index contributed by atoms with van der Waals surface area (Å²) in [4.78, 5) is 11.7. The molecule has 0 aliphatic heterocycles. The Morgan fingerprint density at radius 3 is 2.45 bits per heavy atom. The first-order valence-corrected chi connectivity index (χ1v) is 10.8. The number of carbonyl (C=O) groups is 1. The Balaban J connectivity index is 2.01. The van der Waals surface area contributed by atoms with Crippen molar-refractivity contribution in [3.8, 4) is 22.8 Å². The van der Waals surface area contributed by atoms with Crippen LogP contribution in [0.2, 0.25) is 0 Å². The Labute approximate surface area is 180 Å². The van der Waals surface area contributed by atoms with Crippen LogP contribution in [0.25, 0.3) is 11.3 Å². The summed E-state index contributed by atoms with van der Waals surface area (Å²) in [6.45, 7) is 3.71. The molecule has 3 aromatic rings. The van der Waals surface area contributed by atoms with Crippen molar-refractivity contribution >= 4 is 21.7 Å². The third kappa shape index (κ3) is 4.80. The molecule has 2 aromatic carbocycles. The van der Waals surface area contributed by atoms with Gasteiger partial charge in [-0.25, -0.2) is 13.2 Å². The van der Waals surface area contributed by atoms with Crippen molar-refractivity contribution in [1.29, 1.82) is 0 Å². The minimum Gasteiger partial charge on any atom is -0.495 e. The zero-order chi connectivity index (χ0) is 22.6. The van der Waals surface area contributed by atoms with Gasteiger partial charge < -0.3 is 18.7 Å². The molecule has 1 heterocycles. The molecule has 0 saturated carbocycles. The third-order valence-corrected chi connectivity index (χ3v) is 5.72. The lowest BCUT2D eigenvalue weighted by Crippen LogP contribution is -2.15. The maximum absolute atomic E-state index is 13.2. The van der Waals surface area contributed by atoms with E-state index in [2.05, 4.69) is 9.88 Å². The second-order valence-corrected chi connectivity index (χ2v) is 8.12. The van der Waals surface area contributed by atoms with E-state index in [4.69, 9.17) is 18.7 Å². The average Bonchev–Trinajstić information content (AvgIpc) is 3.24. The summed E-state index contributed by atoms with van der Waals surface area (Å²) in [5.74, 6) is 0.0777. The van der Waals surface area contributed by atoms with Crippen molar-refractivity contribution in [2.75, 3.05) is 25.5 Å². The number of nitrogens with zero attached hydrogens (tertiary/aromatic N) is 1. The van der Waals surface area contributed by atoms with E-state index in [9.17, 15) is 13.2 Å². The molecular formula is C21H22N2O7S. The second-order valence-electron chi connectivity index (χ2n) is 6.47. The van der Waals surface area contributed by atoms with Crippen LogP contribution in [0, 0.1) is 6.92 Å². The number of hydrogen-bond acceptors (Lipinski definition) is 8. The highest BCUT2D eigenvalue weighted by Crippen LogP contribution is 2.33. The molecule has 0 unspecified atom stereocenters. The maximum Gasteiger partial charge on any atom is 0.360 e. The van der Waals surface area contributed by atoms with Gasteiger partial charge in [0.1, 0.15) is 16.4 Å². The van der Waals surface area contributed by atoms with Gasteiger partial charge in [-0.15, -0.1) is 0 Å². The third-order valence-electron chi connectivity index (χ3n) is 4.33. The number of hydrogen-bond donors (Lipinski definition) is 1. The van der Waals surface area contributed by atoms with E-state index in [1.54, 1.807) is 25.1 Å². The molecule has 10 heteroatoms. The van der Waals surface area contributed by atoms with Gasteiger partial charge >= 0.3 is 5.97 Å². The van der Waals surface area contributed by atoms with Crippen LogP contribution in [-0.4, -0.2) is 40.4 Å². The lowest BCUT2D eigenvalue weighted by molar-refractivity contribution is 0.0514. The number of sulfonamides is 1. The van der Waals surface area contributed by atoms with Crippen LogP contribution in [0.4, 0.5) is 5.69 Å². The Morgan fingerprint density at radius 2 is 1.77 bits per heavy atom. The number of aromatic nitrogens is 1. The largest absolute Gasteiger partial charge is 0.495 e. The predicted octanol–water partition coefficient (Wildman–Crippen LogP) is 3.64. The standard InChI is InChI=1S/C21H22N2O7S/c1-5-29-21(24)16-12-19(30-22-16)14-7-9-18(28-4)20(11-14)31(25,26)23-15-10-13(2)6-8-17(15)27-3/h6-12,23H,5H2,1-4H3. The molecule has 0 fully saturated rings. The fourth-order valence-electron chi connectivity index (χ4n) is 2.85. The van der Waals surface area contributed by atoms with E-state index in [-0.39, 0.29) is 28.7 Å². The van der Waals surface area contributed by atoms with E-state index in [0.717, 1.165) is 5.56 Å². The van der Waals surface area contributed by atoms with Crippen molar-refractivity contribution in [3.63, 3.8) is 0 Å². The van der Waals surface area contributed by atoms with Crippen LogP contribution >= 0.6 is 0 Å². The molecule has 0 radical (unpaired) electrons. The Morgan fingerprint density at radius 1 is 1.06 bits per heavy atom. The number of ether oxygens (including phenoxy) is 3. The summed E-state index contributed by atoms with van der Waals surface area (Å²) in [7, 11) is -1.24. The van der Waals surface area contributed by atoms with Gasteiger partial charge in [-0.1, -0.05) is 11.2 Å². The van der Waals surface area contributed by atoms with Crippen LogP contribution in [0.5, 0.6) is 11.5 Å². The second kappa shape index (κ2) is 9.09. The number of benzene rings is 2. The van der Waals surface area contributed by atoms with Crippen molar-refractivity contribution in [2.45, 2.75) is 18.7 Å². The molecule has 1 aromatic heterocycles. The van der Waals surface area contributed by atoms with Gasteiger partial charge in [-0.2, -0.15) is 0 Å². The van der Waals surface area contributed by atoms with Crippen LogP contribution in [0.1, 0.15) is 23.0 Å². The molecule has 1 N–H and O–H groups in total. The van der Waals surface area contributed by atoms with Crippen molar-refractivity contribution in [2.24, 2.45) is 0 Å². The van der Waals surface area contributed by atoms with E-state index in [1.807, 2.05) is 13.0 Å². The number of nitrogens with one attached hydrogen (secondary N) is 1. The molecule has 0 atom stereocenters. The van der Waals surface area contributed by atoms with Gasteiger partial charge in [-0.05, 0) is 49.7 Å². The highest BCUT2D eigenvalue weighted by atomic mass is 32.2. The fraction of sp³-hybridized carbons (Fsp3) is 0.238. The van der Waals surface area contributed by atoms with Gasteiger partial charge in [0.05, 0.1) is 26.5 Å². The van der Waals surface area contributed by atoms with E-state index < -0.39 is 16.0 Å². The molecule has 0 amide bonds. The summed E-state index contributed by atoms with van der Waals surface area (Å²) in [6.07, 6.45) is 0. The lowest BCUT2D eigenvalue weighted by Gasteiger charge is -2.15. The minimum atomic E-state index is -4.06. The molecule has 31 heavy (non-hydrogen) atoms. The van der Waals surface area contributed by atoms with Crippen LogP contribution in [0.3, 0.4) is 0 Å². The molecular weight excluding hydrogens is 424 g/mol. The first kappa shape index (κ1) is 22.2. The van der Waals surface area contributed by atoms with Gasteiger partial charge in [-0.3, -0.25) is 4.72 Å². The highest BCUT2D eigenvalue weighted by molar-refractivity contribution is 7.92. The quantitative estimate of drug-likeness (QED) is 0.521. The number of methoxy groups -OCH3 is 2. The van der Waals surface area contributed by atoms with Crippen LogP contribution in [-0.2, 0) is 14.8 Å². The molecule has 0 aliphatic rings. The Bertz CT molecular complexity index is 1200. The number of rotatable bonds is 8. The van der Waals surface area contributed by atoms with Crippen molar-refractivity contribution < 1.29 is 31.9 Å². The summed E-state index contributed by atoms with van der Waals surface area (Å²) in [6, 6.07) is 11.0. The maximum atomic E-state index is 13.2. The first-order chi connectivity index (χ1) is 14.8. The summed E-state index contributed by atoms with van der Waals surface area (Å²) >= 11 is 0. The van der Waals surface area contributed by atoms with E-state index in [1.165, 1.54) is 32.4 Å². The zero-order valence-electron chi connectivity index (χ0n) is 17.5. The molecule has 0 saturated heterocycles. The zero-order valence-corrected chi connectivity index (χ0v) is 18.3. The molecule has 0 spiro atoms. The summed E-state index contributed by atoms with van der Waals surface area (Å²) in [5.41, 5.74) is 1.52. The molecule has 164 valence electrons.